The average molecular weight is 252 g/mol. The van der Waals surface area contributed by atoms with Gasteiger partial charge in [0.15, 0.2) is 0 Å². The van der Waals surface area contributed by atoms with E-state index in [0.717, 1.165) is 11.3 Å². The molecule has 98 valence electrons. The van der Waals surface area contributed by atoms with Crippen LogP contribution in [0.1, 0.15) is 24.1 Å². The zero-order chi connectivity index (χ0) is 13.0. The van der Waals surface area contributed by atoms with Crippen LogP contribution in [0.25, 0.3) is 0 Å². The van der Waals surface area contributed by atoms with Crippen LogP contribution in [-0.4, -0.2) is 35.2 Å². The molecule has 1 aliphatic heterocycles. The van der Waals surface area contributed by atoms with Crippen molar-refractivity contribution in [2.45, 2.75) is 32.5 Å². The SMILES string of the molecule is Cc1ncccc1COC(=O)N1CCCC(F)C1. The van der Waals surface area contributed by atoms with E-state index in [2.05, 4.69) is 4.98 Å². The van der Waals surface area contributed by atoms with Gasteiger partial charge in [-0.1, -0.05) is 6.07 Å². The van der Waals surface area contributed by atoms with Gasteiger partial charge in [-0.2, -0.15) is 0 Å². The van der Waals surface area contributed by atoms with E-state index < -0.39 is 12.3 Å². The summed E-state index contributed by atoms with van der Waals surface area (Å²) in [4.78, 5) is 17.3. The molecule has 0 saturated carbocycles. The lowest BCUT2D eigenvalue weighted by molar-refractivity contribution is 0.0716. The van der Waals surface area contributed by atoms with Crippen LogP contribution in [0, 0.1) is 6.92 Å². The number of hydrogen-bond donors (Lipinski definition) is 0. The Kier molecular flexibility index (Phi) is 4.12. The normalized spacial score (nSPS) is 19.7. The molecule has 0 N–H and O–H groups in total. The highest BCUT2D eigenvalue weighted by molar-refractivity contribution is 5.67. The molecule has 1 saturated heterocycles. The van der Waals surface area contributed by atoms with E-state index in [0.29, 0.717) is 19.4 Å². The number of carbonyl (C=O) groups excluding carboxylic acids is 1. The smallest absolute Gasteiger partial charge is 0.410 e. The summed E-state index contributed by atoms with van der Waals surface area (Å²) in [7, 11) is 0. The Morgan fingerprint density at radius 3 is 3.22 bits per heavy atom. The van der Waals surface area contributed by atoms with Crippen molar-refractivity contribution in [3.8, 4) is 0 Å². The quantitative estimate of drug-likeness (QED) is 0.812. The summed E-state index contributed by atoms with van der Waals surface area (Å²) >= 11 is 0. The van der Waals surface area contributed by atoms with Crippen LogP contribution >= 0.6 is 0 Å². The van der Waals surface area contributed by atoms with E-state index in [1.54, 1.807) is 12.3 Å². The minimum Gasteiger partial charge on any atom is -0.444 e. The van der Waals surface area contributed by atoms with Crippen molar-refractivity contribution in [1.29, 1.82) is 0 Å². The first-order chi connectivity index (χ1) is 8.66. The lowest BCUT2D eigenvalue weighted by Crippen LogP contribution is -2.41. The zero-order valence-electron chi connectivity index (χ0n) is 10.4. The van der Waals surface area contributed by atoms with E-state index in [-0.39, 0.29) is 13.2 Å². The Balaban J connectivity index is 1.86. The molecule has 1 aromatic rings. The first kappa shape index (κ1) is 12.8. The molecular formula is C13H17FN2O2. The molecule has 1 atom stereocenters. The van der Waals surface area contributed by atoms with Gasteiger partial charge in [-0.15, -0.1) is 0 Å². The number of nitrogens with zero attached hydrogens (tertiary/aromatic N) is 2. The molecule has 0 radical (unpaired) electrons. The summed E-state index contributed by atoms with van der Waals surface area (Å²) < 4.78 is 18.3. The van der Waals surface area contributed by atoms with Crippen LogP contribution in [0.4, 0.5) is 9.18 Å². The van der Waals surface area contributed by atoms with Crippen molar-refractivity contribution in [3.63, 3.8) is 0 Å². The molecule has 0 bridgehead atoms. The standard InChI is InChI=1S/C13H17FN2O2/c1-10-11(4-2-6-15-10)9-18-13(17)16-7-3-5-12(14)8-16/h2,4,6,12H,3,5,7-9H2,1H3. The maximum atomic E-state index is 13.2. The van der Waals surface area contributed by atoms with Gasteiger partial charge >= 0.3 is 6.09 Å². The molecule has 0 aliphatic carbocycles. The summed E-state index contributed by atoms with van der Waals surface area (Å²) in [5.74, 6) is 0. The summed E-state index contributed by atoms with van der Waals surface area (Å²) in [6.07, 6.45) is 1.55. The van der Waals surface area contributed by atoms with Crippen molar-refractivity contribution in [3.05, 3.63) is 29.6 Å². The molecular weight excluding hydrogens is 235 g/mol. The van der Waals surface area contributed by atoms with E-state index >= 15 is 0 Å². The summed E-state index contributed by atoms with van der Waals surface area (Å²) in [5.41, 5.74) is 1.71. The number of aromatic nitrogens is 1. The zero-order valence-corrected chi connectivity index (χ0v) is 10.4. The minimum atomic E-state index is -0.925. The summed E-state index contributed by atoms with van der Waals surface area (Å²) in [5, 5.41) is 0. The van der Waals surface area contributed by atoms with Crippen LogP contribution < -0.4 is 0 Å². The van der Waals surface area contributed by atoms with E-state index in [1.165, 1.54) is 4.90 Å². The fourth-order valence-corrected chi connectivity index (χ4v) is 1.99. The minimum absolute atomic E-state index is 0.144. The van der Waals surface area contributed by atoms with Crippen molar-refractivity contribution in [2.75, 3.05) is 13.1 Å². The van der Waals surface area contributed by atoms with Gasteiger partial charge in [0.05, 0.1) is 6.54 Å². The van der Waals surface area contributed by atoms with Gasteiger partial charge in [0.2, 0.25) is 0 Å². The number of aryl methyl sites for hydroxylation is 1. The number of hydrogen-bond acceptors (Lipinski definition) is 3. The van der Waals surface area contributed by atoms with E-state index in [9.17, 15) is 9.18 Å². The van der Waals surface area contributed by atoms with Gasteiger partial charge in [0, 0.05) is 24.0 Å². The molecule has 18 heavy (non-hydrogen) atoms. The summed E-state index contributed by atoms with van der Waals surface area (Å²) in [6, 6.07) is 3.67. The van der Waals surface area contributed by atoms with Crippen LogP contribution in [0.3, 0.4) is 0 Å². The molecule has 0 aromatic carbocycles. The van der Waals surface area contributed by atoms with Crippen LogP contribution in [0.5, 0.6) is 0 Å². The average Bonchev–Trinajstić information content (AvgIpc) is 2.37. The number of pyridine rings is 1. The Morgan fingerprint density at radius 2 is 2.50 bits per heavy atom. The number of piperidine rings is 1. The second-order valence-corrected chi connectivity index (χ2v) is 4.49. The third kappa shape index (κ3) is 3.18. The highest BCUT2D eigenvalue weighted by atomic mass is 19.1. The predicted octanol–water partition coefficient (Wildman–Crippen LogP) is 2.46. The number of ether oxygens (including phenoxy) is 1. The largest absolute Gasteiger partial charge is 0.444 e. The van der Waals surface area contributed by atoms with Gasteiger partial charge < -0.3 is 9.64 Å². The maximum Gasteiger partial charge on any atom is 0.410 e. The molecule has 1 aromatic heterocycles. The van der Waals surface area contributed by atoms with Gasteiger partial charge in [0.25, 0.3) is 0 Å². The number of likely N-dealkylation sites (tertiary alicyclic amines) is 1. The topological polar surface area (TPSA) is 42.4 Å². The molecule has 1 aliphatic rings. The van der Waals surface area contributed by atoms with Crippen LogP contribution in [-0.2, 0) is 11.3 Å². The fourth-order valence-electron chi connectivity index (χ4n) is 1.99. The second kappa shape index (κ2) is 5.80. The Labute approximate surface area is 106 Å². The molecule has 0 spiro atoms. The van der Waals surface area contributed by atoms with Gasteiger partial charge in [-0.25, -0.2) is 9.18 Å². The van der Waals surface area contributed by atoms with E-state index in [4.69, 9.17) is 4.74 Å². The molecule has 1 unspecified atom stereocenters. The second-order valence-electron chi connectivity index (χ2n) is 4.49. The first-order valence-electron chi connectivity index (χ1n) is 6.13. The van der Waals surface area contributed by atoms with Crippen LogP contribution in [0.15, 0.2) is 18.3 Å². The number of rotatable bonds is 2. The molecule has 1 amide bonds. The molecule has 4 nitrogen and oxygen atoms in total. The third-order valence-corrected chi connectivity index (χ3v) is 3.09. The predicted molar refractivity (Wildman–Crippen MR) is 64.9 cm³/mol. The number of amides is 1. The molecule has 2 heterocycles. The molecule has 5 heteroatoms. The molecule has 2 rings (SSSR count). The fraction of sp³-hybridized carbons (Fsp3) is 0.538. The highest BCUT2D eigenvalue weighted by Gasteiger charge is 2.24. The Morgan fingerprint density at radius 1 is 1.67 bits per heavy atom. The monoisotopic (exact) mass is 252 g/mol. The van der Waals surface area contributed by atoms with Gasteiger partial charge in [0.1, 0.15) is 12.8 Å². The lowest BCUT2D eigenvalue weighted by atomic mass is 10.1. The van der Waals surface area contributed by atoms with Crippen molar-refractivity contribution in [1.82, 2.24) is 9.88 Å². The number of halogens is 1. The van der Waals surface area contributed by atoms with Crippen LogP contribution in [0.2, 0.25) is 0 Å². The number of carbonyl (C=O) groups is 1. The van der Waals surface area contributed by atoms with Crippen molar-refractivity contribution in [2.24, 2.45) is 0 Å². The van der Waals surface area contributed by atoms with Gasteiger partial charge in [-0.3, -0.25) is 4.98 Å². The maximum absolute atomic E-state index is 13.2. The number of alkyl halides is 1. The van der Waals surface area contributed by atoms with Crippen molar-refractivity contribution >= 4 is 6.09 Å². The third-order valence-electron chi connectivity index (χ3n) is 3.09. The summed E-state index contributed by atoms with van der Waals surface area (Å²) in [6.45, 7) is 2.77. The Hall–Kier alpha value is -1.65. The highest BCUT2D eigenvalue weighted by Crippen LogP contribution is 2.14. The first-order valence-corrected chi connectivity index (χ1v) is 6.13. The Bertz CT molecular complexity index is 425. The van der Waals surface area contributed by atoms with Crippen molar-refractivity contribution < 1.29 is 13.9 Å². The lowest BCUT2D eigenvalue weighted by Gasteiger charge is -2.28. The van der Waals surface area contributed by atoms with E-state index in [1.807, 2.05) is 13.0 Å². The van der Waals surface area contributed by atoms with Gasteiger partial charge in [-0.05, 0) is 25.8 Å². The molecule has 1 fully saturated rings.